The van der Waals surface area contributed by atoms with E-state index in [1.54, 1.807) is 26.3 Å². The highest BCUT2D eigenvalue weighted by molar-refractivity contribution is 6.07. The van der Waals surface area contributed by atoms with Gasteiger partial charge >= 0.3 is 0 Å². The molecule has 3 aromatic heterocycles. The quantitative estimate of drug-likeness (QED) is 0.408. The maximum absolute atomic E-state index is 13.8. The van der Waals surface area contributed by atoms with E-state index in [9.17, 15) is 4.79 Å². The van der Waals surface area contributed by atoms with Crippen LogP contribution < -0.4 is 10.1 Å². The molecule has 0 fully saturated rings. The fourth-order valence-corrected chi connectivity index (χ4v) is 4.08. The Morgan fingerprint density at radius 3 is 2.62 bits per heavy atom. The summed E-state index contributed by atoms with van der Waals surface area (Å²) in [6.07, 6.45) is 3.54. The number of carbonyl (C=O) groups excluding carboxylic acids is 1. The molecule has 0 aliphatic rings. The molecule has 0 bridgehead atoms. The summed E-state index contributed by atoms with van der Waals surface area (Å²) < 4.78 is 12.9. The van der Waals surface area contributed by atoms with Crippen molar-refractivity contribution in [2.75, 3.05) is 7.11 Å². The largest absolute Gasteiger partial charge is 0.496 e. The van der Waals surface area contributed by atoms with Crippen LogP contribution >= 0.6 is 0 Å². The molecule has 5 aromatic rings. The SMILES string of the molecule is COc1ccccc1C(NC(=O)c1cc(-c2ccccc2)nc2onc(C)c12)c1nccn1C. The number of fused-ring (bicyclic) bond motifs is 1. The minimum atomic E-state index is -0.549. The van der Waals surface area contributed by atoms with Crippen LogP contribution in [-0.4, -0.2) is 32.7 Å². The zero-order chi connectivity index (χ0) is 23.7. The molecule has 0 aliphatic heterocycles. The molecule has 0 aliphatic carbocycles. The van der Waals surface area contributed by atoms with Crippen LogP contribution in [0.1, 0.15) is 33.5 Å². The highest BCUT2D eigenvalue weighted by atomic mass is 16.5. The van der Waals surface area contributed by atoms with Crippen molar-refractivity contribution in [3.05, 3.63) is 95.7 Å². The van der Waals surface area contributed by atoms with Crippen LogP contribution in [0.25, 0.3) is 22.4 Å². The van der Waals surface area contributed by atoms with Crippen LogP contribution in [0.4, 0.5) is 0 Å². The van der Waals surface area contributed by atoms with Crippen molar-refractivity contribution >= 4 is 17.0 Å². The van der Waals surface area contributed by atoms with Gasteiger partial charge in [-0.3, -0.25) is 4.79 Å². The van der Waals surface area contributed by atoms with Crippen molar-refractivity contribution in [2.45, 2.75) is 13.0 Å². The number of methoxy groups -OCH3 is 1. The number of carbonyl (C=O) groups is 1. The van der Waals surface area contributed by atoms with Gasteiger partial charge in [-0.1, -0.05) is 53.7 Å². The standard InChI is InChI=1S/C26H23N5O3/c1-16-22-19(15-20(28-26(22)34-30-16)17-9-5-4-6-10-17)25(32)29-23(24-27-13-14-31(24)2)18-11-7-8-12-21(18)33-3/h4-15,23H,1-3H3,(H,29,32). The summed E-state index contributed by atoms with van der Waals surface area (Å²) in [5.41, 5.74) is 3.63. The van der Waals surface area contributed by atoms with E-state index in [1.165, 1.54) is 0 Å². The number of pyridine rings is 1. The van der Waals surface area contributed by atoms with E-state index in [4.69, 9.17) is 9.26 Å². The van der Waals surface area contributed by atoms with Gasteiger partial charge in [-0.2, -0.15) is 0 Å². The predicted octanol–water partition coefficient (Wildman–Crippen LogP) is 4.46. The molecule has 0 spiro atoms. The number of rotatable bonds is 6. The van der Waals surface area contributed by atoms with Gasteiger partial charge in [-0.05, 0) is 19.1 Å². The molecule has 170 valence electrons. The zero-order valence-corrected chi connectivity index (χ0v) is 19.0. The second kappa shape index (κ2) is 8.82. The van der Waals surface area contributed by atoms with Crippen molar-refractivity contribution in [1.82, 2.24) is 25.0 Å². The van der Waals surface area contributed by atoms with Gasteiger partial charge in [0.2, 0.25) is 0 Å². The Kier molecular flexibility index (Phi) is 5.55. The number of para-hydroxylation sites is 1. The third kappa shape index (κ3) is 3.79. The van der Waals surface area contributed by atoms with E-state index in [-0.39, 0.29) is 5.91 Å². The van der Waals surface area contributed by atoms with Gasteiger partial charge in [0.1, 0.15) is 17.6 Å². The van der Waals surface area contributed by atoms with Crippen LogP contribution in [0, 0.1) is 6.92 Å². The second-order valence-corrected chi connectivity index (χ2v) is 7.91. The molecule has 1 atom stereocenters. The number of aromatic nitrogens is 4. The van der Waals surface area contributed by atoms with Crippen LogP contribution in [0.15, 0.2) is 77.6 Å². The van der Waals surface area contributed by atoms with Gasteiger partial charge in [0.05, 0.1) is 29.4 Å². The van der Waals surface area contributed by atoms with Crippen LogP contribution in [0.5, 0.6) is 5.75 Å². The number of amides is 1. The van der Waals surface area contributed by atoms with Gasteiger partial charge < -0.3 is 19.1 Å². The lowest BCUT2D eigenvalue weighted by molar-refractivity contribution is 0.0942. The normalized spacial score (nSPS) is 12.0. The van der Waals surface area contributed by atoms with E-state index in [0.717, 1.165) is 11.1 Å². The van der Waals surface area contributed by atoms with Crippen molar-refractivity contribution < 1.29 is 14.1 Å². The first-order valence-corrected chi connectivity index (χ1v) is 10.8. The van der Waals surface area contributed by atoms with Gasteiger partial charge in [0.15, 0.2) is 0 Å². The number of aryl methyl sites for hydroxylation is 2. The van der Waals surface area contributed by atoms with E-state index >= 15 is 0 Å². The molecule has 2 aromatic carbocycles. The lowest BCUT2D eigenvalue weighted by Crippen LogP contribution is -2.31. The number of benzene rings is 2. The van der Waals surface area contributed by atoms with Gasteiger partial charge in [0.25, 0.3) is 11.6 Å². The fourth-order valence-electron chi connectivity index (χ4n) is 4.08. The highest BCUT2D eigenvalue weighted by Gasteiger charge is 2.27. The molecular weight excluding hydrogens is 430 g/mol. The molecule has 8 heteroatoms. The number of ether oxygens (including phenoxy) is 1. The number of hydrogen-bond acceptors (Lipinski definition) is 6. The minimum Gasteiger partial charge on any atom is -0.496 e. The van der Waals surface area contributed by atoms with Crippen LogP contribution in [0.3, 0.4) is 0 Å². The van der Waals surface area contributed by atoms with E-state index in [2.05, 4.69) is 20.4 Å². The highest BCUT2D eigenvalue weighted by Crippen LogP contribution is 2.31. The summed E-state index contributed by atoms with van der Waals surface area (Å²) >= 11 is 0. The first-order valence-electron chi connectivity index (χ1n) is 10.8. The van der Waals surface area contributed by atoms with E-state index in [1.807, 2.05) is 72.4 Å². The van der Waals surface area contributed by atoms with Gasteiger partial charge in [0, 0.05) is 30.6 Å². The molecule has 0 saturated heterocycles. The molecule has 0 radical (unpaired) electrons. The Balaban J connectivity index is 1.62. The Morgan fingerprint density at radius 2 is 1.88 bits per heavy atom. The average Bonchev–Trinajstić information content (AvgIpc) is 3.47. The van der Waals surface area contributed by atoms with Gasteiger partial charge in [-0.15, -0.1) is 0 Å². The third-order valence-electron chi connectivity index (χ3n) is 5.77. The molecule has 1 N–H and O–H groups in total. The number of hydrogen-bond donors (Lipinski definition) is 1. The molecule has 5 rings (SSSR count). The average molecular weight is 454 g/mol. The maximum Gasteiger partial charge on any atom is 0.259 e. The van der Waals surface area contributed by atoms with Crippen molar-refractivity contribution in [3.8, 4) is 17.0 Å². The minimum absolute atomic E-state index is 0.296. The maximum atomic E-state index is 13.8. The molecule has 34 heavy (non-hydrogen) atoms. The van der Waals surface area contributed by atoms with Crippen molar-refractivity contribution in [3.63, 3.8) is 0 Å². The van der Waals surface area contributed by atoms with E-state index < -0.39 is 6.04 Å². The van der Waals surface area contributed by atoms with E-state index in [0.29, 0.717) is 39.6 Å². The Labute approximate surface area is 196 Å². The van der Waals surface area contributed by atoms with Crippen molar-refractivity contribution in [2.24, 2.45) is 7.05 Å². The summed E-state index contributed by atoms with van der Waals surface area (Å²) in [7, 11) is 3.49. The Bertz CT molecular complexity index is 1470. The Morgan fingerprint density at radius 1 is 1.12 bits per heavy atom. The van der Waals surface area contributed by atoms with Crippen LogP contribution in [0.2, 0.25) is 0 Å². The van der Waals surface area contributed by atoms with Gasteiger partial charge in [-0.25, -0.2) is 9.97 Å². The Hall–Kier alpha value is -4.46. The summed E-state index contributed by atoms with van der Waals surface area (Å²) in [4.78, 5) is 22.9. The first kappa shape index (κ1) is 21.4. The van der Waals surface area contributed by atoms with Crippen LogP contribution in [-0.2, 0) is 7.05 Å². The molecule has 3 heterocycles. The third-order valence-corrected chi connectivity index (χ3v) is 5.77. The molecule has 8 nitrogen and oxygen atoms in total. The summed E-state index contributed by atoms with van der Waals surface area (Å²) in [6, 6.07) is 18.4. The van der Waals surface area contributed by atoms with Crippen molar-refractivity contribution in [1.29, 1.82) is 0 Å². The monoisotopic (exact) mass is 453 g/mol. The molecular formula is C26H23N5O3. The molecule has 1 amide bonds. The zero-order valence-electron chi connectivity index (χ0n) is 19.0. The fraction of sp³-hybridized carbons (Fsp3) is 0.154. The lowest BCUT2D eigenvalue weighted by atomic mass is 10.0. The summed E-state index contributed by atoms with van der Waals surface area (Å²) in [5, 5.41) is 7.78. The summed E-state index contributed by atoms with van der Waals surface area (Å²) in [6.45, 7) is 1.79. The molecule has 1 unspecified atom stereocenters. The smallest absolute Gasteiger partial charge is 0.259 e. The first-order chi connectivity index (χ1) is 16.6. The number of nitrogens with one attached hydrogen (secondary N) is 1. The summed E-state index contributed by atoms with van der Waals surface area (Å²) in [5.74, 6) is 1.03. The lowest BCUT2D eigenvalue weighted by Gasteiger charge is -2.21. The number of imidazole rings is 1. The number of nitrogens with zero attached hydrogens (tertiary/aromatic N) is 4. The predicted molar refractivity (Wildman–Crippen MR) is 127 cm³/mol. The second-order valence-electron chi connectivity index (χ2n) is 7.91. The molecule has 0 saturated carbocycles. The topological polar surface area (TPSA) is 95.1 Å².